The first-order chi connectivity index (χ1) is 20.1. The number of nitrogens with zero attached hydrogens (tertiary/aromatic N) is 3. The number of aromatic amines is 1. The van der Waals surface area contributed by atoms with E-state index in [1.54, 1.807) is 30.5 Å². The summed E-state index contributed by atoms with van der Waals surface area (Å²) in [6.07, 6.45) is 1.68. The lowest BCUT2D eigenvalue weighted by Gasteiger charge is -2.51. The minimum Gasteiger partial charge on any atom is -0.351 e. The molecule has 0 radical (unpaired) electrons. The molecule has 42 heavy (non-hydrogen) atoms. The van der Waals surface area contributed by atoms with Gasteiger partial charge in [-0.1, -0.05) is 62.4 Å². The fraction of sp³-hybridized carbons (Fsp3) is 0.303. The van der Waals surface area contributed by atoms with Crippen LogP contribution in [0.1, 0.15) is 52.1 Å². The van der Waals surface area contributed by atoms with Crippen molar-refractivity contribution < 1.29 is 19.2 Å². The van der Waals surface area contributed by atoms with E-state index in [-0.39, 0.29) is 47.4 Å². The van der Waals surface area contributed by atoms with Crippen LogP contribution in [0, 0.1) is 11.3 Å². The third-order valence-electron chi connectivity index (χ3n) is 9.98. The van der Waals surface area contributed by atoms with E-state index in [1.807, 2.05) is 52.3 Å². The summed E-state index contributed by atoms with van der Waals surface area (Å²) in [6, 6.07) is 20.2. The molecule has 4 heterocycles. The van der Waals surface area contributed by atoms with E-state index in [0.717, 1.165) is 22.0 Å². The topological polar surface area (TPSA) is 115 Å². The van der Waals surface area contributed by atoms with Crippen LogP contribution in [0.15, 0.2) is 72.9 Å². The smallest absolute Gasteiger partial charge is 0.272 e. The number of carbonyl (C=O) groups excluding carboxylic acids is 4. The van der Waals surface area contributed by atoms with Gasteiger partial charge in [0.05, 0.1) is 18.1 Å². The molecule has 7 rings (SSSR count). The van der Waals surface area contributed by atoms with Crippen LogP contribution < -0.4 is 5.32 Å². The number of nitrogens with one attached hydrogen (secondary N) is 2. The number of carbonyl (C=O) groups is 4. The number of hydrogen-bond donors (Lipinski definition) is 2. The Kier molecular flexibility index (Phi) is 5.67. The second-order valence-corrected chi connectivity index (χ2v) is 11.9. The molecule has 3 aliphatic rings. The molecule has 1 saturated carbocycles. The highest BCUT2D eigenvalue weighted by Gasteiger charge is 2.87. The number of aromatic nitrogens is 2. The lowest BCUT2D eigenvalue weighted by Crippen LogP contribution is -2.70. The summed E-state index contributed by atoms with van der Waals surface area (Å²) in [5.74, 6) is -0.351. The first-order valence-electron chi connectivity index (χ1n) is 14.2. The number of amides is 3. The van der Waals surface area contributed by atoms with Crippen LogP contribution in [0.5, 0.6) is 0 Å². The summed E-state index contributed by atoms with van der Waals surface area (Å²) in [5.41, 5.74) is 3.44. The lowest BCUT2D eigenvalue weighted by atomic mass is 9.88. The average molecular weight is 562 g/mol. The summed E-state index contributed by atoms with van der Waals surface area (Å²) in [5, 5.41) is 3.70. The molecule has 4 aromatic rings. The third-order valence-corrected chi connectivity index (χ3v) is 9.98. The molecule has 2 aromatic heterocycles. The molecule has 9 nitrogen and oxygen atoms in total. The number of likely N-dealkylation sites (tertiary alicyclic amines) is 2. The number of hydrogen-bond acceptors (Lipinski definition) is 5. The lowest BCUT2D eigenvalue weighted by molar-refractivity contribution is -0.145. The first kappa shape index (κ1) is 26.1. The van der Waals surface area contributed by atoms with E-state index in [1.165, 1.54) is 6.92 Å². The van der Waals surface area contributed by atoms with Gasteiger partial charge in [0.25, 0.3) is 11.8 Å². The van der Waals surface area contributed by atoms with Crippen LogP contribution in [0.25, 0.3) is 22.0 Å². The largest absolute Gasteiger partial charge is 0.351 e. The fourth-order valence-corrected chi connectivity index (χ4v) is 7.53. The van der Waals surface area contributed by atoms with Crippen molar-refractivity contribution in [2.75, 3.05) is 19.6 Å². The molecule has 1 spiro atoms. The number of ketones is 1. The van der Waals surface area contributed by atoms with Crippen LogP contribution >= 0.6 is 0 Å². The van der Waals surface area contributed by atoms with Crippen LogP contribution in [0.4, 0.5) is 0 Å². The molecule has 2 aliphatic heterocycles. The maximum absolute atomic E-state index is 13.6. The molecular weight excluding hydrogens is 530 g/mol. The van der Waals surface area contributed by atoms with E-state index >= 15 is 0 Å². The van der Waals surface area contributed by atoms with Gasteiger partial charge >= 0.3 is 0 Å². The molecular formula is C33H31N5O4. The minimum absolute atomic E-state index is 0.0106. The predicted octanol–water partition coefficient (Wildman–Crippen LogP) is 3.92. The van der Waals surface area contributed by atoms with Crippen molar-refractivity contribution in [3.63, 3.8) is 0 Å². The molecule has 4 unspecified atom stereocenters. The van der Waals surface area contributed by atoms with Crippen molar-refractivity contribution in [2.45, 2.75) is 32.4 Å². The van der Waals surface area contributed by atoms with Gasteiger partial charge in [0.1, 0.15) is 11.4 Å². The molecule has 212 valence electrons. The van der Waals surface area contributed by atoms with Crippen molar-refractivity contribution in [3.8, 4) is 11.1 Å². The highest BCUT2D eigenvalue weighted by molar-refractivity contribution is 6.00. The predicted molar refractivity (Wildman–Crippen MR) is 157 cm³/mol. The molecule has 2 saturated heterocycles. The average Bonchev–Trinajstić information content (AvgIpc) is 3.24. The highest BCUT2D eigenvalue weighted by Crippen LogP contribution is 2.75. The monoisotopic (exact) mass is 561 g/mol. The minimum atomic E-state index is -0.413. The Morgan fingerprint density at radius 2 is 1.76 bits per heavy atom. The second kappa shape index (κ2) is 9.11. The molecule has 2 N–H and O–H groups in total. The molecule has 1 aliphatic carbocycles. The summed E-state index contributed by atoms with van der Waals surface area (Å²) in [4.78, 5) is 62.6. The molecule has 2 aromatic carbocycles. The molecule has 3 amide bonds. The molecule has 4 atom stereocenters. The van der Waals surface area contributed by atoms with Crippen LogP contribution in [-0.4, -0.2) is 74.5 Å². The summed E-state index contributed by atoms with van der Waals surface area (Å²) < 4.78 is 0. The number of fused-ring (bicyclic) bond motifs is 1. The maximum atomic E-state index is 13.6. The van der Waals surface area contributed by atoms with Crippen LogP contribution in [0.2, 0.25) is 0 Å². The van der Waals surface area contributed by atoms with Crippen molar-refractivity contribution in [3.05, 3.63) is 89.9 Å². The number of Topliss-reactive ketones (excluding diaryl/α,β-unsaturated/α-hetero) is 1. The van der Waals surface area contributed by atoms with Gasteiger partial charge in [-0.3, -0.25) is 24.2 Å². The van der Waals surface area contributed by atoms with Crippen molar-refractivity contribution >= 4 is 34.4 Å². The standard InChI is InChI=1S/C33H31N5O4/c1-19(39)21-8-10-22(11-9-21)24-12-13-26(34-15-24)31(42)37-18-32(3)20(2)33(32)28(37)17-38(33)29(40)16-35-30(41)27-14-23-6-4-5-7-25(23)36-27/h4-15,20,28,36H,16-18H2,1-3H3,(H,35,41). The first-order valence-corrected chi connectivity index (χ1v) is 14.2. The van der Waals surface area contributed by atoms with Gasteiger partial charge in [-0.2, -0.15) is 0 Å². The van der Waals surface area contributed by atoms with Crippen molar-refractivity contribution in [2.24, 2.45) is 11.3 Å². The van der Waals surface area contributed by atoms with Crippen molar-refractivity contribution in [1.29, 1.82) is 0 Å². The van der Waals surface area contributed by atoms with Gasteiger partial charge < -0.3 is 20.1 Å². The third kappa shape index (κ3) is 3.59. The maximum Gasteiger partial charge on any atom is 0.272 e. The van der Waals surface area contributed by atoms with E-state index in [0.29, 0.717) is 30.0 Å². The van der Waals surface area contributed by atoms with Gasteiger partial charge in [-0.05, 0) is 36.6 Å². The van der Waals surface area contributed by atoms with Crippen LogP contribution in [-0.2, 0) is 4.79 Å². The van der Waals surface area contributed by atoms with E-state index in [2.05, 4.69) is 29.1 Å². The highest BCUT2D eigenvalue weighted by atomic mass is 16.2. The number of piperidine rings is 1. The van der Waals surface area contributed by atoms with E-state index in [4.69, 9.17) is 0 Å². The van der Waals surface area contributed by atoms with E-state index in [9.17, 15) is 19.2 Å². The SMILES string of the molecule is CC(=O)c1ccc(-c2ccc(C(=O)N3CC4(C)C(C)C45C3CN5C(=O)CNC(=O)c3cc4ccccc4[nH]3)nc2)cc1. The Morgan fingerprint density at radius 1 is 1.02 bits per heavy atom. The van der Waals surface area contributed by atoms with Gasteiger partial charge in [0.2, 0.25) is 5.91 Å². The van der Waals surface area contributed by atoms with Crippen LogP contribution in [0.3, 0.4) is 0 Å². The second-order valence-electron chi connectivity index (χ2n) is 11.9. The molecule has 9 heteroatoms. The van der Waals surface area contributed by atoms with Crippen molar-refractivity contribution in [1.82, 2.24) is 25.1 Å². The number of rotatable bonds is 6. The molecule has 3 fully saturated rings. The zero-order chi connectivity index (χ0) is 29.4. The zero-order valence-electron chi connectivity index (χ0n) is 23.7. The Bertz CT molecular complexity index is 1750. The normalized spacial score (nSPS) is 25.4. The number of pyridine rings is 1. The van der Waals surface area contributed by atoms with Gasteiger partial charge in [0, 0.05) is 46.7 Å². The fourth-order valence-electron chi connectivity index (χ4n) is 7.53. The van der Waals surface area contributed by atoms with E-state index < -0.39 is 5.54 Å². The van der Waals surface area contributed by atoms with Gasteiger partial charge in [-0.15, -0.1) is 0 Å². The quantitative estimate of drug-likeness (QED) is 0.346. The van der Waals surface area contributed by atoms with Gasteiger partial charge in [-0.25, -0.2) is 0 Å². The number of H-pyrrole nitrogens is 1. The Morgan fingerprint density at radius 3 is 2.45 bits per heavy atom. The Balaban J connectivity index is 1.02. The summed E-state index contributed by atoms with van der Waals surface area (Å²) in [7, 11) is 0. The Hall–Kier alpha value is -4.79. The zero-order valence-corrected chi connectivity index (χ0v) is 23.7. The number of para-hydroxylation sites is 1. The number of benzene rings is 2. The van der Waals surface area contributed by atoms with Gasteiger partial charge in [0.15, 0.2) is 5.78 Å². The Labute approximate surface area is 242 Å². The summed E-state index contributed by atoms with van der Waals surface area (Å²) >= 11 is 0. The summed E-state index contributed by atoms with van der Waals surface area (Å²) in [6.45, 7) is 6.71. The molecule has 0 bridgehead atoms.